The molecule has 1 atom stereocenters. The number of hydrogen-bond acceptors (Lipinski definition) is 3. The maximum Gasteiger partial charge on any atom is 0.228 e. The van der Waals surface area contributed by atoms with Crippen molar-refractivity contribution in [2.24, 2.45) is 5.92 Å². The molecule has 2 amide bonds. The van der Waals surface area contributed by atoms with Crippen LogP contribution in [0.5, 0.6) is 0 Å². The van der Waals surface area contributed by atoms with E-state index >= 15 is 0 Å². The SMILES string of the molecule is CCC(=O)Nc1ccc(Cl)c(NC(=O)C2CCNC2)c1. The van der Waals surface area contributed by atoms with E-state index in [-0.39, 0.29) is 17.7 Å². The zero-order valence-electron chi connectivity index (χ0n) is 11.3. The van der Waals surface area contributed by atoms with E-state index in [0.717, 1.165) is 13.0 Å². The van der Waals surface area contributed by atoms with Gasteiger partial charge in [-0.25, -0.2) is 0 Å². The topological polar surface area (TPSA) is 70.2 Å². The number of nitrogens with one attached hydrogen (secondary N) is 3. The van der Waals surface area contributed by atoms with Crippen molar-refractivity contribution in [1.29, 1.82) is 0 Å². The molecule has 1 fully saturated rings. The molecule has 1 unspecified atom stereocenters. The summed E-state index contributed by atoms with van der Waals surface area (Å²) in [7, 11) is 0. The number of benzene rings is 1. The standard InChI is InChI=1S/C14H18ClN3O2/c1-2-13(19)17-10-3-4-11(15)12(7-10)18-14(20)9-5-6-16-8-9/h3-4,7,9,16H,2,5-6,8H2,1H3,(H,17,19)(H,18,20). The zero-order chi connectivity index (χ0) is 14.5. The summed E-state index contributed by atoms with van der Waals surface area (Å²) < 4.78 is 0. The van der Waals surface area contributed by atoms with Gasteiger partial charge in [0.2, 0.25) is 11.8 Å². The number of hydrogen-bond donors (Lipinski definition) is 3. The van der Waals surface area contributed by atoms with E-state index in [1.165, 1.54) is 0 Å². The Morgan fingerprint density at radius 2 is 2.20 bits per heavy atom. The summed E-state index contributed by atoms with van der Waals surface area (Å²) in [6, 6.07) is 5.05. The fourth-order valence-corrected chi connectivity index (χ4v) is 2.23. The van der Waals surface area contributed by atoms with Crippen LogP contribution in [0.4, 0.5) is 11.4 Å². The van der Waals surface area contributed by atoms with Gasteiger partial charge >= 0.3 is 0 Å². The average Bonchev–Trinajstić information content (AvgIpc) is 2.96. The van der Waals surface area contributed by atoms with Gasteiger partial charge in [0, 0.05) is 18.7 Å². The molecule has 0 saturated carbocycles. The van der Waals surface area contributed by atoms with Gasteiger partial charge in [0.25, 0.3) is 0 Å². The summed E-state index contributed by atoms with van der Waals surface area (Å²) in [6.45, 7) is 3.33. The Morgan fingerprint density at radius 1 is 1.40 bits per heavy atom. The zero-order valence-corrected chi connectivity index (χ0v) is 12.1. The molecule has 1 saturated heterocycles. The number of carbonyl (C=O) groups excluding carboxylic acids is 2. The fraction of sp³-hybridized carbons (Fsp3) is 0.429. The normalized spacial score (nSPS) is 17.8. The van der Waals surface area contributed by atoms with Crippen LogP contribution in [0.25, 0.3) is 0 Å². The van der Waals surface area contributed by atoms with Crippen LogP contribution in [-0.2, 0) is 9.59 Å². The first-order chi connectivity index (χ1) is 9.60. The van der Waals surface area contributed by atoms with Crippen molar-refractivity contribution < 1.29 is 9.59 Å². The first kappa shape index (κ1) is 14.8. The molecule has 108 valence electrons. The minimum Gasteiger partial charge on any atom is -0.326 e. The van der Waals surface area contributed by atoms with Crippen LogP contribution >= 0.6 is 11.6 Å². The lowest BCUT2D eigenvalue weighted by atomic mass is 10.1. The van der Waals surface area contributed by atoms with Crippen molar-refractivity contribution in [3.8, 4) is 0 Å². The van der Waals surface area contributed by atoms with E-state index in [1.54, 1.807) is 25.1 Å². The maximum absolute atomic E-state index is 12.1. The van der Waals surface area contributed by atoms with Crippen LogP contribution in [0.15, 0.2) is 18.2 Å². The van der Waals surface area contributed by atoms with Crippen molar-refractivity contribution in [3.05, 3.63) is 23.2 Å². The van der Waals surface area contributed by atoms with Gasteiger partial charge in [0.15, 0.2) is 0 Å². The van der Waals surface area contributed by atoms with E-state index in [9.17, 15) is 9.59 Å². The molecule has 0 bridgehead atoms. The molecule has 2 rings (SSSR count). The number of halogens is 1. The second kappa shape index (κ2) is 6.72. The molecule has 0 aromatic heterocycles. The first-order valence-corrected chi connectivity index (χ1v) is 7.09. The Labute approximate surface area is 123 Å². The Balaban J connectivity index is 2.07. The van der Waals surface area contributed by atoms with Crippen LogP contribution in [0.3, 0.4) is 0 Å². The molecule has 0 radical (unpaired) electrons. The molecule has 1 aromatic carbocycles. The monoisotopic (exact) mass is 295 g/mol. The average molecular weight is 296 g/mol. The largest absolute Gasteiger partial charge is 0.326 e. The Kier molecular flexibility index (Phi) is 4.98. The van der Waals surface area contributed by atoms with Gasteiger partial charge in [-0.15, -0.1) is 0 Å². The van der Waals surface area contributed by atoms with E-state index in [2.05, 4.69) is 16.0 Å². The Bertz CT molecular complexity index is 513. The van der Waals surface area contributed by atoms with Crippen molar-refractivity contribution >= 4 is 34.8 Å². The number of rotatable bonds is 4. The van der Waals surface area contributed by atoms with E-state index in [0.29, 0.717) is 29.4 Å². The Hall–Kier alpha value is -1.59. The molecular formula is C14H18ClN3O2. The third kappa shape index (κ3) is 3.71. The molecule has 5 nitrogen and oxygen atoms in total. The molecule has 3 N–H and O–H groups in total. The molecule has 0 aliphatic carbocycles. The smallest absolute Gasteiger partial charge is 0.228 e. The van der Waals surface area contributed by atoms with Gasteiger partial charge in [-0.3, -0.25) is 9.59 Å². The molecule has 1 aromatic rings. The summed E-state index contributed by atoms with van der Waals surface area (Å²) in [4.78, 5) is 23.4. The van der Waals surface area contributed by atoms with Crippen molar-refractivity contribution in [2.75, 3.05) is 23.7 Å². The molecular weight excluding hydrogens is 278 g/mol. The van der Waals surface area contributed by atoms with Gasteiger partial charge in [-0.1, -0.05) is 18.5 Å². The lowest BCUT2D eigenvalue weighted by Gasteiger charge is -2.13. The highest BCUT2D eigenvalue weighted by atomic mass is 35.5. The predicted octanol–water partition coefficient (Wildman–Crippen LogP) is 2.24. The number of amides is 2. The molecule has 0 spiro atoms. The van der Waals surface area contributed by atoms with Crippen molar-refractivity contribution in [2.45, 2.75) is 19.8 Å². The van der Waals surface area contributed by atoms with Crippen LogP contribution in [-0.4, -0.2) is 24.9 Å². The summed E-state index contributed by atoms with van der Waals surface area (Å²) in [5, 5.41) is 9.17. The molecule has 1 aliphatic heterocycles. The molecule has 1 aliphatic rings. The lowest BCUT2D eigenvalue weighted by molar-refractivity contribution is -0.119. The van der Waals surface area contributed by atoms with Gasteiger partial charge in [-0.05, 0) is 31.2 Å². The molecule has 1 heterocycles. The number of carbonyl (C=O) groups is 2. The second-order valence-electron chi connectivity index (χ2n) is 4.78. The molecule has 6 heteroatoms. The van der Waals surface area contributed by atoms with E-state index in [4.69, 9.17) is 11.6 Å². The van der Waals surface area contributed by atoms with Crippen LogP contribution < -0.4 is 16.0 Å². The van der Waals surface area contributed by atoms with Gasteiger partial charge in [0.1, 0.15) is 0 Å². The van der Waals surface area contributed by atoms with Gasteiger partial charge in [-0.2, -0.15) is 0 Å². The summed E-state index contributed by atoms with van der Waals surface area (Å²) in [5.41, 5.74) is 1.15. The highest BCUT2D eigenvalue weighted by molar-refractivity contribution is 6.33. The summed E-state index contributed by atoms with van der Waals surface area (Å²) in [5.74, 6) is -0.152. The van der Waals surface area contributed by atoms with Crippen molar-refractivity contribution in [1.82, 2.24) is 5.32 Å². The van der Waals surface area contributed by atoms with E-state index < -0.39 is 0 Å². The predicted molar refractivity (Wildman–Crippen MR) is 80.0 cm³/mol. The molecule has 20 heavy (non-hydrogen) atoms. The maximum atomic E-state index is 12.1. The number of anilines is 2. The second-order valence-corrected chi connectivity index (χ2v) is 5.18. The third-order valence-electron chi connectivity index (χ3n) is 3.26. The van der Waals surface area contributed by atoms with Crippen molar-refractivity contribution in [3.63, 3.8) is 0 Å². The first-order valence-electron chi connectivity index (χ1n) is 6.71. The van der Waals surface area contributed by atoms with Crippen LogP contribution in [0.1, 0.15) is 19.8 Å². The quantitative estimate of drug-likeness (QED) is 0.798. The minimum atomic E-state index is -0.0791. The third-order valence-corrected chi connectivity index (χ3v) is 3.59. The lowest BCUT2D eigenvalue weighted by Crippen LogP contribution is -2.24. The van der Waals surface area contributed by atoms with Crippen LogP contribution in [0.2, 0.25) is 5.02 Å². The van der Waals surface area contributed by atoms with E-state index in [1.807, 2.05) is 0 Å². The van der Waals surface area contributed by atoms with Gasteiger partial charge in [0.05, 0.1) is 16.6 Å². The van der Waals surface area contributed by atoms with Crippen LogP contribution in [0, 0.1) is 5.92 Å². The summed E-state index contributed by atoms with van der Waals surface area (Å²) in [6.07, 6.45) is 1.23. The highest BCUT2D eigenvalue weighted by Gasteiger charge is 2.22. The minimum absolute atomic E-state index is 0.0278. The summed E-state index contributed by atoms with van der Waals surface area (Å²) >= 11 is 6.07. The highest BCUT2D eigenvalue weighted by Crippen LogP contribution is 2.26. The van der Waals surface area contributed by atoms with Gasteiger partial charge < -0.3 is 16.0 Å². The Morgan fingerprint density at radius 3 is 2.85 bits per heavy atom. The fourth-order valence-electron chi connectivity index (χ4n) is 2.06.